The molecule has 1 fully saturated rings. The summed E-state index contributed by atoms with van der Waals surface area (Å²) in [5, 5.41) is 2.72. The van der Waals surface area contributed by atoms with E-state index in [4.69, 9.17) is 0 Å². The molecule has 1 heterocycles. The normalized spacial score (nSPS) is 19.9. The van der Waals surface area contributed by atoms with E-state index in [0.29, 0.717) is 6.54 Å². The second-order valence-corrected chi connectivity index (χ2v) is 8.20. The summed E-state index contributed by atoms with van der Waals surface area (Å²) < 4.78 is 26.8. The lowest BCUT2D eigenvalue weighted by Gasteiger charge is -2.44. The van der Waals surface area contributed by atoms with Crippen LogP contribution in [0.4, 0.5) is 13.6 Å². The highest BCUT2D eigenvalue weighted by Crippen LogP contribution is 2.30. The zero-order chi connectivity index (χ0) is 21.7. The number of nitrogens with zero attached hydrogens (tertiary/aromatic N) is 2. The summed E-state index contributed by atoms with van der Waals surface area (Å²) in [5.74, 6) is -0.423. The van der Waals surface area contributed by atoms with Gasteiger partial charge in [0.15, 0.2) is 0 Å². The van der Waals surface area contributed by atoms with Gasteiger partial charge in [0.1, 0.15) is 11.6 Å². The van der Waals surface area contributed by atoms with Crippen molar-refractivity contribution >= 4 is 6.03 Å². The number of piperazine rings is 1. The highest BCUT2D eigenvalue weighted by molar-refractivity contribution is 5.74. The molecule has 0 radical (unpaired) electrons. The van der Waals surface area contributed by atoms with Crippen molar-refractivity contribution in [3.8, 4) is 0 Å². The number of halogens is 2. The van der Waals surface area contributed by atoms with Crippen LogP contribution in [-0.4, -0.2) is 54.6 Å². The van der Waals surface area contributed by atoms with Crippen molar-refractivity contribution in [3.05, 3.63) is 71.3 Å². The van der Waals surface area contributed by atoms with Crippen molar-refractivity contribution in [2.75, 3.05) is 26.7 Å². The molecule has 1 N–H and O–H groups in total. The van der Waals surface area contributed by atoms with Gasteiger partial charge in [-0.25, -0.2) is 13.6 Å². The highest BCUT2D eigenvalue weighted by atomic mass is 19.1. The summed E-state index contributed by atoms with van der Waals surface area (Å²) in [4.78, 5) is 16.4. The Kier molecular flexibility index (Phi) is 7.43. The minimum absolute atomic E-state index is 0.0262. The van der Waals surface area contributed by atoms with Crippen molar-refractivity contribution < 1.29 is 13.6 Å². The molecule has 2 amide bonds. The van der Waals surface area contributed by atoms with Gasteiger partial charge < -0.3 is 10.2 Å². The van der Waals surface area contributed by atoms with Gasteiger partial charge in [-0.2, -0.15) is 0 Å². The van der Waals surface area contributed by atoms with Gasteiger partial charge in [-0.1, -0.05) is 24.3 Å². The number of carbonyl (C=O) groups is 1. The Morgan fingerprint density at radius 3 is 2.00 bits per heavy atom. The predicted octanol–water partition coefficient (Wildman–Crippen LogP) is 4.61. The van der Waals surface area contributed by atoms with Gasteiger partial charge in [-0.05, 0) is 68.6 Å². The number of carbonyl (C=O) groups excluding carboxylic acids is 1. The summed E-state index contributed by atoms with van der Waals surface area (Å²) in [6, 6.07) is 13.6. The van der Waals surface area contributed by atoms with Crippen LogP contribution in [0.3, 0.4) is 0 Å². The number of hydrogen-bond donors (Lipinski definition) is 1. The molecule has 0 unspecified atom stereocenters. The molecule has 2 aromatic rings. The van der Waals surface area contributed by atoms with Crippen molar-refractivity contribution in [2.24, 2.45) is 0 Å². The summed E-state index contributed by atoms with van der Waals surface area (Å²) in [6.07, 6.45) is 1.84. The first-order valence-electron chi connectivity index (χ1n) is 10.6. The SMILES string of the molecule is CNC(=O)N1C[C@@H](C)N(CCCC(c2ccc(F)cc2)c2ccc(F)cc2)C[C@@H]1C. The molecule has 6 heteroatoms. The van der Waals surface area contributed by atoms with Gasteiger partial charge in [0, 0.05) is 38.1 Å². The smallest absolute Gasteiger partial charge is 0.317 e. The lowest BCUT2D eigenvalue weighted by atomic mass is 9.87. The number of amides is 2. The van der Waals surface area contributed by atoms with Crippen molar-refractivity contribution in [1.29, 1.82) is 0 Å². The van der Waals surface area contributed by atoms with Crippen LogP contribution in [0.25, 0.3) is 0 Å². The van der Waals surface area contributed by atoms with Gasteiger partial charge in [0.2, 0.25) is 0 Å². The standard InChI is InChI=1S/C24H31F2N3O/c1-17-16-29(24(30)27-3)18(2)15-28(17)14-4-5-23(19-6-10-21(25)11-7-19)20-8-12-22(26)13-9-20/h6-13,17-18,23H,4-5,14-16H2,1-3H3,(H,27,30)/t17-,18+/m1/s1. The minimum Gasteiger partial charge on any atom is -0.341 e. The predicted molar refractivity (Wildman–Crippen MR) is 116 cm³/mol. The Labute approximate surface area is 177 Å². The lowest BCUT2D eigenvalue weighted by molar-refractivity contribution is 0.0627. The molecule has 0 aromatic heterocycles. The third kappa shape index (κ3) is 5.36. The number of urea groups is 1. The maximum absolute atomic E-state index is 13.4. The zero-order valence-corrected chi connectivity index (χ0v) is 17.9. The molecule has 1 saturated heterocycles. The Morgan fingerprint density at radius 2 is 1.50 bits per heavy atom. The van der Waals surface area contributed by atoms with Crippen molar-refractivity contribution in [3.63, 3.8) is 0 Å². The Balaban J connectivity index is 1.65. The molecule has 162 valence electrons. The van der Waals surface area contributed by atoms with E-state index >= 15 is 0 Å². The van der Waals surface area contributed by atoms with Crippen LogP contribution in [0, 0.1) is 11.6 Å². The Bertz CT molecular complexity index is 780. The van der Waals surface area contributed by atoms with Crippen LogP contribution in [-0.2, 0) is 0 Å². The fourth-order valence-electron chi connectivity index (χ4n) is 4.35. The quantitative estimate of drug-likeness (QED) is 0.748. The zero-order valence-electron chi connectivity index (χ0n) is 17.9. The number of benzene rings is 2. The van der Waals surface area contributed by atoms with Crippen LogP contribution < -0.4 is 5.32 Å². The van der Waals surface area contributed by atoms with E-state index in [2.05, 4.69) is 24.1 Å². The third-order valence-electron chi connectivity index (χ3n) is 6.07. The second kappa shape index (κ2) is 10.0. The molecule has 0 spiro atoms. The monoisotopic (exact) mass is 415 g/mol. The molecular formula is C24H31F2N3O. The Hall–Kier alpha value is -2.47. The van der Waals surface area contributed by atoms with E-state index < -0.39 is 0 Å². The average Bonchev–Trinajstić information content (AvgIpc) is 2.74. The number of nitrogens with one attached hydrogen (secondary N) is 1. The molecule has 2 atom stereocenters. The Morgan fingerprint density at radius 1 is 0.967 bits per heavy atom. The van der Waals surface area contributed by atoms with Gasteiger partial charge in [-0.15, -0.1) is 0 Å². The fraction of sp³-hybridized carbons (Fsp3) is 0.458. The average molecular weight is 416 g/mol. The fourth-order valence-corrected chi connectivity index (χ4v) is 4.35. The molecule has 0 saturated carbocycles. The first-order valence-corrected chi connectivity index (χ1v) is 10.6. The highest BCUT2D eigenvalue weighted by Gasteiger charge is 2.31. The minimum atomic E-state index is -0.256. The second-order valence-electron chi connectivity index (χ2n) is 8.20. The lowest BCUT2D eigenvalue weighted by Crippen LogP contribution is -2.59. The van der Waals surface area contributed by atoms with E-state index in [9.17, 15) is 13.6 Å². The number of hydrogen-bond acceptors (Lipinski definition) is 2. The van der Waals surface area contributed by atoms with E-state index in [1.807, 2.05) is 29.2 Å². The van der Waals surface area contributed by atoms with E-state index in [1.165, 1.54) is 24.3 Å². The molecular weight excluding hydrogens is 384 g/mol. The van der Waals surface area contributed by atoms with Crippen LogP contribution >= 0.6 is 0 Å². The molecule has 1 aliphatic rings. The first kappa shape index (κ1) is 22.2. The van der Waals surface area contributed by atoms with Gasteiger partial charge in [0.25, 0.3) is 0 Å². The molecule has 3 rings (SSSR count). The summed E-state index contributed by atoms with van der Waals surface area (Å²) in [7, 11) is 1.66. The molecule has 0 bridgehead atoms. The molecule has 2 aromatic carbocycles. The molecule has 0 aliphatic carbocycles. The van der Waals surface area contributed by atoms with Crippen molar-refractivity contribution in [1.82, 2.24) is 15.1 Å². The maximum Gasteiger partial charge on any atom is 0.317 e. The maximum atomic E-state index is 13.4. The van der Waals surface area contributed by atoms with E-state index in [-0.39, 0.29) is 35.7 Å². The van der Waals surface area contributed by atoms with Crippen molar-refractivity contribution in [2.45, 2.75) is 44.7 Å². The first-order chi connectivity index (χ1) is 14.4. The largest absolute Gasteiger partial charge is 0.341 e. The summed E-state index contributed by atoms with van der Waals surface area (Å²) >= 11 is 0. The van der Waals surface area contributed by atoms with Gasteiger partial charge >= 0.3 is 6.03 Å². The third-order valence-corrected chi connectivity index (χ3v) is 6.07. The van der Waals surface area contributed by atoms with Crippen LogP contribution in [0.5, 0.6) is 0 Å². The topological polar surface area (TPSA) is 35.6 Å². The summed E-state index contributed by atoms with van der Waals surface area (Å²) in [5.41, 5.74) is 2.07. The van der Waals surface area contributed by atoms with Gasteiger partial charge in [0.05, 0.1) is 0 Å². The number of rotatable bonds is 6. The van der Waals surface area contributed by atoms with Crippen LogP contribution in [0.2, 0.25) is 0 Å². The molecule has 30 heavy (non-hydrogen) atoms. The molecule has 4 nitrogen and oxygen atoms in total. The molecule has 1 aliphatic heterocycles. The van der Waals surface area contributed by atoms with E-state index in [0.717, 1.165) is 37.1 Å². The van der Waals surface area contributed by atoms with Gasteiger partial charge in [-0.3, -0.25) is 4.90 Å². The van der Waals surface area contributed by atoms with Crippen LogP contribution in [0.1, 0.15) is 43.7 Å². The summed E-state index contributed by atoms with van der Waals surface area (Å²) in [6.45, 7) is 6.70. The van der Waals surface area contributed by atoms with Crippen LogP contribution in [0.15, 0.2) is 48.5 Å². The van der Waals surface area contributed by atoms with E-state index in [1.54, 1.807) is 7.05 Å².